The number of hydrogen-bond acceptors (Lipinski definition) is 4. The third kappa shape index (κ3) is 2.91. The second-order valence-corrected chi connectivity index (χ2v) is 8.22. The van der Waals surface area contributed by atoms with Crippen molar-refractivity contribution in [2.45, 2.75) is 57.7 Å². The summed E-state index contributed by atoms with van der Waals surface area (Å²) in [5.74, 6) is 0.476. The molecule has 0 aliphatic carbocycles. The Bertz CT molecular complexity index is 757. The average Bonchev–Trinajstić information content (AvgIpc) is 3.27. The lowest BCUT2D eigenvalue weighted by molar-refractivity contribution is 0.478. The van der Waals surface area contributed by atoms with Gasteiger partial charge in [0.05, 0.1) is 0 Å². The maximum Gasteiger partial charge on any atom is 0.0484 e. The van der Waals surface area contributed by atoms with Gasteiger partial charge >= 0.3 is 0 Å². The first-order valence-electron chi connectivity index (χ1n) is 9.78. The van der Waals surface area contributed by atoms with E-state index in [1.54, 1.807) is 11.1 Å². The highest BCUT2D eigenvalue weighted by Gasteiger charge is 2.44. The fraction of sp³-hybridized carbons (Fsp3) is 0.571. The molecule has 4 aliphatic heterocycles. The zero-order valence-corrected chi connectivity index (χ0v) is 15.3. The number of nitrogens with zero attached hydrogens (tertiary/aromatic N) is 2. The van der Waals surface area contributed by atoms with Crippen molar-refractivity contribution in [3.8, 4) is 0 Å². The summed E-state index contributed by atoms with van der Waals surface area (Å²) in [4.78, 5) is 7.20. The third-order valence-electron chi connectivity index (χ3n) is 6.19. The summed E-state index contributed by atoms with van der Waals surface area (Å²) in [6.45, 7) is 8.94. The monoisotopic (exact) mass is 336 g/mol. The van der Waals surface area contributed by atoms with Crippen LogP contribution in [0, 0.1) is 0 Å². The summed E-state index contributed by atoms with van der Waals surface area (Å²) in [5, 5.41) is 7.38. The number of nitrogens with one attached hydrogen (secondary N) is 2. The summed E-state index contributed by atoms with van der Waals surface area (Å²) < 4.78 is 0. The van der Waals surface area contributed by atoms with Gasteiger partial charge in [-0.25, -0.2) is 0 Å². The molecule has 2 fully saturated rings. The predicted molar refractivity (Wildman–Crippen MR) is 103 cm³/mol. The summed E-state index contributed by atoms with van der Waals surface area (Å²) in [5.41, 5.74) is 8.43. The molecule has 0 aromatic heterocycles. The standard InChI is InChI=1S/C21H28N4/c1-13-7-15(8-14(2)23-13)16-9-18-19(11-25-12-21(18)25)20(10-16)24-17-3-5-22-6-4-17/h7,9-10,15,17,21-22,24H,3-6,8,11-12H2,1-2H3. The molecule has 1 aromatic carbocycles. The van der Waals surface area contributed by atoms with Crippen molar-refractivity contribution in [1.82, 2.24) is 10.2 Å². The van der Waals surface area contributed by atoms with Gasteiger partial charge in [-0.05, 0) is 69.0 Å². The van der Waals surface area contributed by atoms with Crippen LogP contribution in [0.2, 0.25) is 0 Å². The van der Waals surface area contributed by atoms with Crippen molar-refractivity contribution in [3.63, 3.8) is 0 Å². The van der Waals surface area contributed by atoms with Gasteiger partial charge in [0, 0.05) is 48.2 Å². The third-order valence-corrected chi connectivity index (χ3v) is 6.19. The van der Waals surface area contributed by atoms with E-state index in [0.29, 0.717) is 18.0 Å². The van der Waals surface area contributed by atoms with Crippen molar-refractivity contribution < 1.29 is 0 Å². The van der Waals surface area contributed by atoms with Crippen molar-refractivity contribution in [2.75, 3.05) is 25.0 Å². The molecule has 0 amide bonds. The molecule has 132 valence electrons. The van der Waals surface area contributed by atoms with Gasteiger partial charge in [-0.3, -0.25) is 9.89 Å². The second-order valence-electron chi connectivity index (χ2n) is 8.22. The minimum atomic E-state index is 0.476. The first kappa shape index (κ1) is 15.6. The largest absolute Gasteiger partial charge is 0.382 e. The van der Waals surface area contributed by atoms with Crippen LogP contribution in [0.3, 0.4) is 0 Å². The number of hydrogen-bond donors (Lipinski definition) is 2. The molecule has 0 bridgehead atoms. The lowest BCUT2D eigenvalue weighted by Gasteiger charge is -2.27. The van der Waals surface area contributed by atoms with Crippen LogP contribution in [-0.4, -0.2) is 36.3 Å². The highest BCUT2D eigenvalue weighted by atomic mass is 15.3. The highest BCUT2D eigenvalue weighted by Crippen LogP contribution is 2.49. The van der Waals surface area contributed by atoms with Crippen LogP contribution in [0.15, 0.2) is 28.9 Å². The first-order valence-corrected chi connectivity index (χ1v) is 9.78. The lowest BCUT2D eigenvalue weighted by atomic mass is 9.87. The topological polar surface area (TPSA) is 39.4 Å². The Kier molecular flexibility index (Phi) is 3.72. The number of benzene rings is 1. The Morgan fingerprint density at radius 3 is 2.84 bits per heavy atom. The number of rotatable bonds is 3. The number of anilines is 1. The van der Waals surface area contributed by atoms with E-state index in [9.17, 15) is 0 Å². The Morgan fingerprint density at radius 1 is 1.20 bits per heavy atom. The van der Waals surface area contributed by atoms with E-state index in [1.807, 2.05) is 0 Å². The molecule has 5 rings (SSSR count). The molecule has 0 spiro atoms. The van der Waals surface area contributed by atoms with Crippen LogP contribution in [0.5, 0.6) is 0 Å². The molecule has 4 aliphatic rings. The summed E-state index contributed by atoms with van der Waals surface area (Å²) in [6, 6.07) is 6.24. The zero-order valence-electron chi connectivity index (χ0n) is 15.3. The van der Waals surface area contributed by atoms with E-state index in [4.69, 9.17) is 0 Å². The minimum Gasteiger partial charge on any atom is -0.382 e. The normalized spacial score (nSPS) is 31.0. The molecule has 25 heavy (non-hydrogen) atoms. The SMILES string of the molecule is CC1=CC(c2cc(NC3CCNCC3)c3c(c2)C2CN2C3)CC(C)=N1. The molecule has 1 aromatic rings. The fourth-order valence-electron chi connectivity index (χ4n) is 4.83. The molecule has 2 saturated heterocycles. The summed E-state index contributed by atoms with van der Waals surface area (Å²) >= 11 is 0. The van der Waals surface area contributed by atoms with E-state index in [1.165, 1.54) is 36.3 Å². The van der Waals surface area contributed by atoms with Gasteiger partial charge in [0.2, 0.25) is 0 Å². The van der Waals surface area contributed by atoms with Gasteiger partial charge < -0.3 is 10.6 Å². The number of piperidine rings is 1. The predicted octanol–water partition coefficient (Wildman–Crippen LogP) is 3.57. The molecule has 4 heterocycles. The van der Waals surface area contributed by atoms with Gasteiger partial charge in [0.1, 0.15) is 0 Å². The molecule has 4 heteroatoms. The summed E-state index contributed by atoms with van der Waals surface area (Å²) in [7, 11) is 0. The van der Waals surface area contributed by atoms with E-state index < -0.39 is 0 Å². The van der Waals surface area contributed by atoms with Crippen LogP contribution in [0.1, 0.15) is 61.8 Å². The van der Waals surface area contributed by atoms with Crippen LogP contribution < -0.4 is 10.6 Å². The number of fused-ring (bicyclic) bond motifs is 3. The Hall–Kier alpha value is -1.65. The lowest BCUT2D eigenvalue weighted by Crippen LogP contribution is -2.35. The van der Waals surface area contributed by atoms with Crippen LogP contribution >= 0.6 is 0 Å². The maximum absolute atomic E-state index is 4.62. The van der Waals surface area contributed by atoms with E-state index in [2.05, 4.69) is 52.6 Å². The molecular formula is C21H28N4. The molecule has 0 radical (unpaired) electrons. The van der Waals surface area contributed by atoms with Gasteiger partial charge in [0.25, 0.3) is 0 Å². The molecule has 3 atom stereocenters. The average molecular weight is 336 g/mol. The fourth-order valence-corrected chi connectivity index (χ4v) is 4.83. The van der Waals surface area contributed by atoms with E-state index >= 15 is 0 Å². The van der Waals surface area contributed by atoms with Crippen LogP contribution in [-0.2, 0) is 6.54 Å². The first-order chi connectivity index (χ1) is 12.2. The van der Waals surface area contributed by atoms with Gasteiger partial charge in [-0.2, -0.15) is 0 Å². The quantitative estimate of drug-likeness (QED) is 0.829. The van der Waals surface area contributed by atoms with Crippen molar-refractivity contribution in [3.05, 3.63) is 40.6 Å². The molecule has 4 nitrogen and oxygen atoms in total. The van der Waals surface area contributed by atoms with Gasteiger partial charge in [-0.1, -0.05) is 12.1 Å². The van der Waals surface area contributed by atoms with Crippen LogP contribution in [0.25, 0.3) is 0 Å². The van der Waals surface area contributed by atoms with E-state index in [-0.39, 0.29) is 0 Å². The maximum atomic E-state index is 4.62. The van der Waals surface area contributed by atoms with Crippen molar-refractivity contribution in [1.29, 1.82) is 0 Å². The molecular weight excluding hydrogens is 308 g/mol. The van der Waals surface area contributed by atoms with Crippen molar-refractivity contribution >= 4 is 11.4 Å². The Labute approximate surface area is 150 Å². The van der Waals surface area contributed by atoms with E-state index in [0.717, 1.165) is 31.8 Å². The van der Waals surface area contributed by atoms with Gasteiger partial charge in [0.15, 0.2) is 0 Å². The number of aliphatic imine (C=N–C) groups is 1. The number of allylic oxidation sites excluding steroid dienone is 2. The smallest absolute Gasteiger partial charge is 0.0484 e. The molecule has 0 saturated carbocycles. The Morgan fingerprint density at radius 2 is 2.04 bits per heavy atom. The molecule has 2 N–H and O–H groups in total. The minimum absolute atomic E-state index is 0.476. The Balaban J connectivity index is 1.49. The highest BCUT2D eigenvalue weighted by molar-refractivity contribution is 5.85. The second kappa shape index (κ2) is 5.96. The van der Waals surface area contributed by atoms with Crippen LogP contribution in [0.4, 0.5) is 5.69 Å². The molecule has 3 unspecified atom stereocenters. The van der Waals surface area contributed by atoms with Crippen molar-refractivity contribution in [2.24, 2.45) is 4.99 Å². The van der Waals surface area contributed by atoms with Gasteiger partial charge in [-0.15, -0.1) is 0 Å². The summed E-state index contributed by atoms with van der Waals surface area (Å²) in [6.07, 6.45) is 5.85. The zero-order chi connectivity index (χ0) is 17.0.